The van der Waals surface area contributed by atoms with E-state index in [9.17, 15) is 0 Å². The van der Waals surface area contributed by atoms with Crippen molar-refractivity contribution < 1.29 is 9.47 Å². The molecule has 2 nitrogen and oxygen atoms in total. The molecule has 0 N–H and O–H groups in total. The maximum atomic E-state index is 4.96. The molecule has 0 radical (unpaired) electrons. The van der Waals surface area contributed by atoms with Gasteiger partial charge in [-0.3, -0.25) is 0 Å². The standard InChI is InChI=1S/C6H10O.C4H6O/c1-2-3-4-6-5-7-6;1-2-4-3-5-4/h2,6H,1,3-5H2;2,4H,1,3H2. The van der Waals surface area contributed by atoms with Gasteiger partial charge in [0.25, 0.3) is 0 Å². The zero-order chi connectivity index (χ0) is 8.81. The molecule has 2 heterocycles. The van der Waals surface area contributed by atoms with Crippen LogP contribution >= 0.6 is 0 Å². The second-order valence-electron chi connectivity index (χ2n) is 2.93. The number of ether oxygens (including phenoxy) is 2. The van der Waals surface area contributed by atoms with Crippen molar-refractivity contribution in [2.75, 3.05) is 13.2 Å². The van der Waals surface area contributed by atoms with Gasteiger partial charge in [0.1, 0.15) is 0 Å². The van der Waals surface area contributed by atoms with Gasteiger partial charge in [-0.05, 0) is 12.8 Å². The summed E-state index contributed by atoms with van der Waals surface area (Å²) in [6.45, 7) is 8.97. The molecule has 2 heteroatoms. The molecule has 2 aliphatic rings. The molecule has 2 atom stereocenters. The van der Waals surface area contributed by atoms with E-state index in [4.69, 9.17) is 9.47 Å². The molecule has 0 aliphatic carbocycles. The Labute approximate surface area is 73.9 Å². The van der Waals surface area contributed by atoms with E-state index in [1.54, 1.807) is 6.08 Å². The summed E-state index contributed by atoms with van der Waals surface area (Å²) in [6, 6.07) is 0. The van der Waals surface area contributed by atoms with E-state index in [1.165, 1.54) is 6.42 Å². The monoisotopic (exact) mass is 168 g/mol. The number of hydrogen-bond acceptors (Lipinski definition) is 2. The fourth-order valence-corrected chi connectivity index (χ4v) is 0.730. The first kappa shape index (κ1) is 9.49. The third-order valence-electron chi connectivity index (χ3n) is 1.72. The summed E-state index contributed by atoms with van der Waals surface area (Å²) < 4.78 is 9.70. The minimum Gasteiger partial charge on any atom is -0.373 e. The van der Waals surface area contributed by atoms with E-state index in [2.05, 4.69) is 13.2 Å². The van der Waals surface area contributed by atoms with Gasteiger partial charge >= 0.3 is 0 Å². The highest BCUT2D eigenvalue weighted by Crippen LogP contribution is 2.14. The predicted molar refractivity (Wildman–Crippen MR) is 49.1 cm³/mol. The van der Waals surface area contributed by atoms with Crippen LogP contribution in [0.15, 0.2) is 25.3 Å². The molecule has 12 heavy (non-hydrogen) atoms. The molecule has 2 fully saturated rings. The second kappa shape index (κ2) is 5.12. The molecule has 0 spiro atoms. The van der Waals surface area contributed by atoms with Crippen molar-refractivity contribution in [2.45, 2.75) is 25.0 Å². The lowest BCUT2D eigenvalue weighted by atomic mass is 10.2. The summed E-state index contributed by atoms with van der Waals surface area (Å²) in [5.41, 5.74) is 0. The first-order valence-corrected chi connectivity index (χ1v) is 4.33. The maximum absolute atomic E-state index is 4.96. The van der Waals surface area contributed by atoms with Crippen molar-refractivity contribution in [3.05, 3.63) is 25.3 Å². The van der Waals surface area contributed by atoms with Crippen LogP contribution in [0.3, 0.4) is 0 Å². The lowest BCUT2D eigenvalue weighted by Crippen LogP contribution is -1.79. The van der Waals surface area contributed by atoms with Crippen molar-refractivity contribution >= 4 is 0 Å². The van der Waals surface area contributed by atoms with Crippen LogP contribution in [0.25, 0.3) is 0 Å². The fraction of sp³-hybridized carbons (Fsp3) is 0.600. The predicted octanol–water partition coefficient (Wildman–Crippen LogP) is 1.92. The number of rotatable bonds is 4. The molecule has 0 bridgehead atoms. The topological polar surface area (TPSA) is 25.1 Å². The van der Waals surface area contributed by atoms with Gasteiger partial charge < -0.3 is 9.47 Å². The maximum Gasteiger partial charge on any atom is 0.0988 e. The van der Waals surface area contributed by atoms with Crippen molar-refractivity contribution in [3.63, 3.8) is 0 Å². The highest BCUT2D eigenvalue weighted by atomic mass is 16.6. The highest BCUT2D eigenvalue weighted by molar-refractivity contribution is 4.87. The summed E-state index contributed by atoms with van der Waals surface area (Å²) in [4.78, 5) is 0. The average molecular weight is 168 g/mol. The molecular formula is C10H16O2. The molecule has 0 aromatic heterocycles. The molecule has 0 aromatic rings. The Morgan fingerprint density at radius 2 is 1.92 bits per heavy atom. The first-order chi connectivity index (χ1) is 5.86. The van der Waals surface area contributed by atoms with Crippen LogP contribution < -0.4 is 0 Å². The van der Waals surface area contributed by atoms with E-state index < -0.39 is 0 Å². The van der Waals surface area contributed by atoms with Crippen LogP contribution in [0.1, 0.15) is 12.8 Å². The van der Waals surface area contributed by atoms with Crippen LogP contribution in [-0.4, -0.2) is 25.4 Å². The van der Waals surface area contributed by atoms with E-state index in [0.717, 1.165) is 19.6 Å². The Balaban J connectivity index is 0.000000127. The zero-order valence-corrected chi connectivity index (χ0v) is 7.37. The lowest BCUT2D eigenvalue weighted by molar-refractivity contribution is 0.398. The van der Waals surface area contributed by atoms with E-state index in [1.807, 2.05) is 6.08 Å². The molecule has 0 saturated carbocycles. The lowest BCUT2D eigenvalue weighted by Gasteiger charge is -1.82. The Morgan fingerprint density at radius 1 is 1.25 bits per heavy atom. The molecule has 68 valence electrons. The number of allylic oxidation sites excluding steroid dienone is 1. The van der Waals surface area contributed by atoms with E-state index in [0.29, 0.717) is 12.2 Å². The second-order valence-corrected chi connectivity index (χ2v) is 2.93. The molecule has 0 aromatic carbocycles. The third-order valence-corrected chi connectivity index (χ3v) is 1.72. The van der Waals surface area contributed by atoms with Gasteiger partial charge in [-0.1, -0.05) is 12.2 Å². The minimum atomic E-state index is 0.398. The van der Waals surface area contributed by atoms with Gasteiger partial charge in [-0.25, -0.2) is 0 Å². The van der Waals surface area contributed by atoms with Crippen LogP contribution in [0.5, 0.6) is 0 Å². The first-order valence-electron chi connectivity index (χ1n) is 4.33. The largest absolute Gasteiger partial charge is 0.373 e. The molecule has 2 rings (SSSR count). The molecule has 2 unspecified atom stereocenters. The van der Waals surface area contributed by atoms with Gasteiger partial charge in [-0.2, -0.15) is 0 Å². The van der Waals surface area contributed by atoms with Crippen molar-refractivity contribution in [1.82, 2.24) is 0 Å². The summed E-state index contributed by atoms with van der Waals surface area (Å²) in [6.07, 6.45) is 6.99. The summed E-state index contributed by atoms with van der Waals surface area (Å²) >= 11 is 0. The molecule has 2 saturated heterocycles. The average Bonchev–Trinajstić information content (AvgIpc) is 2.94. The Morgan fingerprint density at radius 3 is 2.17 bits per heavy atom. The van der Waals surface area contributed by atoms with E-state index in [-0.39, 0.29) is 0 Å². The van der Waals surface area contributed by atoms with Crippen LogP contribution in [0, 0.1) is 0 Å². The van der Waals surface area contributed by atoms with E-state index >= 15 is 0 Å². The van der Waals surface area contributed by atoms with Gasteiger partial charge in [-0.15, -0.1) is 13.2 Å². The quantitative estimate of drug-likeness (QED) is 0.473. The van der Waals surface area contributed by atoms with Gasteiger partial charge in [0, 0.05) is 0 Å². The molecular weight excluding hydrogens is 152 g/mol. The van der Waals surface area contributed by atoms with Crippen LogP contribution in [-0.2, 0) is 9.47 Å². The van der Waals surface area contributed by atoms with Crippen molar-refractivity contribution in [1.29, 1.82) is 0 Å². The minimum absolute atomic E-state index is 0.398. The van der Waals surface area contributed by atoms with Crippen LogP contribution in [0.2, 0.25) is 0 Å². The normalized spacial score (nSPS) is 29.7. The summed E-state index contributed by atoms with van der Waals surface area (Å²) in [5.74, 6) is 0. The number of hydrogen-bond donors (Lipinski definition) is 0. The van der Waals surface area contributed by atoms with Crippen molar-refractivity contribution in [3.8, 4) is 0 Å². The highest BCUT2D eigenvalue weighted by Gasteiger charge is 2.20. The van der Waals surface area contributed by atoms with Gasteiger partial charge in [0.15, 0.2) is 0 Å². The van der Waals surface area contributed by atoms with Gasteiger partial charge in [0.05, 0.1) is 25.4 Å². The third kappa shape index (κ3) is 5.10. The Hall–Kier alpha value is -0.600. The molecule has 0 amide bonds. The smallest absolute Gasteiger partial charge is 0.0988 e. The van der Waals surface area contributed by atoms with Gasteiger partial charge in [0.2, 0.25) is 0 Å². The Kier molecular flexibility index (Phi) is 4.05. The van der Waals surface area contributed by atoms with Crippen LogP contribution in [0.4, 0.5) is 0 Å². The SMILES string of the molecule is C=CC1CO1.C=CCCC1CO1. The van der Waals surface area contributed by atoms with Crippen molar-refractivity contribution in [2.24, 2.45) is 0 Å². The zero-order valence-electron chi connectivity index (χ0n) is 7.37. The Bertz CT molecular complexity index is 146. The molecule has 2 aliphatic heterocycles. The summed E-state index contributed by atoms with van der Waals surface area (Å²) in [5, 5.41) is 0. The fourth-order valence-electron chi connectivity index (χ4n) is 0.730. The number of epoxide rings is 2. The summed E-state index contributed by atoms with van der Waals surface area (Å²) in [7, 11) is 0.